The zero-order valence-electron chi connectivity index (χ0n) is 12.8. The van der Waals surface area contributed by atoms with Crippen LogP contribution >= 0.6 is 0 Å². The van der Waals surface area contributed by atoms with Crippen LogP contribution < -0.4 is 20.3 Å². The number of carbonyl (C=O) groups is 2. The molecule has 0 saturated carbocycles. The third kappa shape index (κ3) is 4.44. The Morgan fingerprint density at radius 1 is 1.09 bits per heavy atom. The summed E-state index contributed by atoms with van der Waals surface area (Å²) in [5.41, 5.74) is 5.55. The number of rotatable bonds is 5. The van der Waals surface area contributed by atoms with Gasteiger partial charge >= 0.3 is 0 Å². The number of nitrogens with one attached hydrogen (secondary N) is 2. The first-order chi connectivity index (χ1) is 11.1. The molecule has 120 valence electrons. The number of carbonyl (C=O) groups excluding carboxylic acids is 2. The molecular formula is C16H17N3O4. The Hall–Kier alpha value is -3.09. The van der Waals surface area contributed by atoms with E-state index >= 15 is 0 Å². The van der Waals surface area contributed by atoms with Gasteiger partial charge in [0.05, 0.1) is 20.6 Å². The van der Waals surface area contributed by atoms with E-state index in [0.29, 0.717) is 17.1 Å². The second-order valence-corrected chi connectivity index (χ2v) is 4.57. The minimum absolute atomic E-state index is 0.0513. The minimum atomic E-state index is -0.486. The van der Waals surface area contributed by atoms with E-state index in [2.05, 4.69) is 15.8 Å². The first kappa shape index (κ1) is 16.3. The monoisotopic (exact) mass is 315 g/mol. The van der Waals surface area contributed by atoms with Crippen molar-refractivity contribution in [1.82, 2.24) is 15.8 Å². The van der Waals surface area contributed by atoms with Crippen molar-refractivity contribution in [2.24, 2.45) is 0 Å². The van der Waals surface area contributed by atoms with Gasteiger partial charge in [-0.15, -0.1) is 0 Å². The Labute approximate surface area is 133 Å². The fraction of sp³-hybridized carbons (Fsp3) is 0.188. The first-order valence-corrected chi connectivity index (χ1v) is 6.85. The van der Waals surface area contributed by atoms with Gasteiger partial charge in [-0.25, -0.2) is 0 Å². The summed E-state index contributed by atoms with van der Waals surface area (Å²) in [7, 11) is 3.06. The van der Waals surface area contributed by atoms with Gasteiger partial charge in [-0.2, -0.15) is 0 Å². The smallest absolute Gasteiger partial charge is 0.288 e. The summed E-state index contributed by atoms with van der Waals surface area (Å²) < 4.78 is 10.3. The fourth-order valence-electron chi connectivity index (χ4n) is 1.90. The Morgan fingerprint density at radius 3 is 2.57 bits per heavy atom. The van der Waals surface area contributed by atoms with Crippen molar-refractivity contribution in [2.75, 3.05) is 14.2 Å². The van der Waals surface area contributed by atoms with E-state index in [4.69, 9.17) is 9.47 Å². The number of methoxy groups -OCH3 is 2. The molecule has 0 fully saturated rings. The van der Waals surface area contributed by atoms with Gasteiger partial charge in [-0.05, 0) is 18.2 Å². The maximum Gasteiger partial charge on any atom is 0.288 e. The standard InChI is InChI=1S/C16H17N3O4/c1-22-12-7-6-11(14(10-12)23-2)9-15(20)18-19-16(21)13-5-3-4-8-17-13/h3-8,10H,9H2,1-2H3,(H,18,20)(H,19,21). The Morgan fingerprint density at radius 2 is 1.91 bits per heavy atom. The molecule has 23 heavy (non-hydrogen) atoms. The molecule has 1 aromatic heterocycles. The molecule has 0 aliphatic carbocycles. The van der Waals surface area contributed by atoms with Crippen LogP contribution in [0, 0.1) is 0 Å². The van der Waals surface area contributed by atoms with Gasteiger partial charge in [-0.1, -0.05) is 12.1 Å². The fourth-order valence-corrected chi connectivity index (χ4v) is 1.90. The lowest BCUT2D eigenvalue weighted by molar-refractivity contribution is -0.121. The maximum absolute atomic E-state index is 11.9. The van der Waals surface area contributed by atoms with Crippen LogP contribution in [0.2, 0.25) is 0 Å². The van der Waals surface area contributed by atoms with Crippen LogP contribution in [0.1, 0.15) is 16.1 Å². The molecule has 0 aliphatic heterocycles. The van der Waals surface area contributed by atoms with E-state index in [9.17, 15) is 9.59 Å². The van der Waals surface area contributed by atoms with Crippen molar-refractivity contribution in [3.8, 4) is 11.5 Å². The normalized spacial score (nSPS) is 9.83. The molecule has 0 unspecified atom stereocenters. The number of pyridine rings is 1. The molecule has 0 atom stereocenters. The number of hydrogen-bond donors (Lipinski definition) is 2. The van der Waals surface area contributed by atoms with Gasteiger partial charge < -0.3 is 9.47 Å². The van der Waals surface area contributed by atoms with Crippen molar-refractivity contribution < 1.29 is 19.1 Å². The van der Waals surface area contributed by atoms with Crippen LogP contribution in [0.3, 0.4) is 0 Å². The summed E-state index contributed by atoms with van der Waals surface area (Å²) in [5.74, 6) is 0.309. The molecule has 2 N–H and O–H groups in total. The molecule has 2 amide bonds. The van der Waals surface area contributed by atoms with Crippen molar-refractivity contribution in [2.45, 2.75) is 6.42 Å². The molecule has 0 radical (unpaired) electrons. The average molecular weight is 315 g/mol. The zero-order chi connectivity index (χ0) is 16.7. The Kier molecular flexibility index (Phi) is 5.51. The van der Waals surface area contributed by atoms with Crippen LogP contribution in [-0.4, -0.2) is 31.0 Å². The van der Waals surface area contributed by atoms with Crippen molar-refractivity contribution >= 4 is 11.8 Å². The van der Waals surface area contributed by atoms with Gasteiger partial charge in [-0.3, -0.25) is 25.4 Å². The third-order valence-electron chi connectivity index (χ3n) is 3.06. The number of hydrogen-bond acceptors (Lipinski definition) is 5. The second-order valence-electron chi connectivity index (χ2n) is 4.57. The molecule has 0 bridgehead atoms. The van der Waals surface area contributed by atoms with E-state index in [-0.39, 0.29) is 18.0 Å². The van der Waals surface area contributed by atoms with Crippen molar-refractivity contribution in [3.63, 3.8) is 0 Å². The number of aromatic nitrogens is 1. The summed E-state index contributed by atoms with van der Waals surface area (Å²) in [6.45, 7) is 0. The predicted octanol–water partition coefficient (Wildman–Crippen LogP) is 1.10. The quantitative estimate of drug-likeness (QED) is 0.807. The third-order valence-corrected chi connectivity index (χ3v) is 3.06. The van der Waals surface area contributed by atoms with Gasteiger partial charge in [0.25, 0.3) is 5.91 Å². The molecule has 1 aromatic carbocycles. The molecule has 0 spiro atoms. The highest BCUT2D eigenvalue weighted by Gasteiger charge is 2.12. The SMILES string of the molecule is COc1ccc(CC(=O)NNC(=O)c2ccccn2)c(OC)c1. The number of nitrogens with zero attached hydrogens (tertiary/aromatic N) is 1. The highest BCUT2D eigenvalue weighted by molar-refractivity contribution is 5.93. The Bertz CT molecular complexity index is 689. The lowest BCUT2D eigenvalue weighted by Gasteiger charge is -2.11. The van der Waals surface area contributed by atoms with Crippen molar-refractivity contribution in [1.29, 1.82) is 0 Å². The Balaban J connectivity index is 1.93. The summed E-state index contributed by atoms with van der Waals surface area (Å²) in [4.78, 5) is 27.6. The van der Waals surface area contributed by atoms with E-state index < -0.39 is 5.91 Å². The van der Waals surface area contributed by atoms with E-state index in [1.807, 2.05) is 0 Å². The highest BCUT2D eigenvalue weighted by atomic mass is 16.5. The topological polar surface area (TPSA) is 89.6 Å². The van der Waals surface area contributed by atoms with Crippen LogP contribution in [0.5, 0.6) is 11.5 Å². The number of hydrazine groups is 1. The molecular weight excluding hydrogens is 298 g/mol. The molecule has 7 heteroatoms. The number of benzene rings is 1. The van der Waals surface area contributed by atoms with Gasteiger partial charge in [0, 0.05) is 17.8 Å². The number of amides is 2. The van der Waals surface area contributed by atoms with E-state index in [0.717, 1.165) is 0 Å². The average Bonchev–Trinajstić information content (AvgIpc) is 2.60. The summed E-state index contributed by atoms with van der Waals surface area (Å²) >= 11 is 0. The highest BCUT2D eigenvalue weighted by Crippen LogP contribution is 2.24. The van der Waals surface area contributed by atoms with Crippen LogP contribution in [0.15, 0.2) is 42.6 Å². The molecule has 1 heterocycles. The molecule has 0 aliphatic rings. The zero-order valence-corrected chi connectivity index (χ0v) is 12.8. The second kappa shape index (κ2) is 7.79. The van der Waals surface area contributed by atoms with Crippen LogP contribution in [0.25, 0.3) is 0 Å². The van der Waals surface area contributed by atoms with Gasteiger partial charge in [0.2, 0.25) is 5.91 Å². The van der Waals surface area contributed by atoms with Gasteiger partial charge in [0.15, 0.2) is 0 Å². The van der Waals surface area contributed by atoms with E-state index in [1.165, 1.54) is 13.3 Å². The molecule has 2 aromatic rings. The predicted molar refractivity (Wildman–Crippen MR) is 83.1 cm³/mol. The molecule has 7 nitrogen and oxygen atoms in total. The van der Waals surface area contributed by atoms with E-state index in [1.54, 1.807) is 43.5 Å². The number of ether oxygens (including phenoxy) is 2. The minimum Gasteiger partial charge on any atom is -0.497 e. The summed E-state index contributed by atoms with van der Waals surface area (Å²) in [6, 6.07) is 10.1. The van der Waals surface area contributed by atoms with Crippen molar-refractivity contribution in [3.05, 3.63) is 53.9 Å². The van der Waals surface area contributed by atoms with Crippen LogP contribution in [-0.2, 0) is 11.2 Å². The van der Waals surface area contributed by atoms with Crippen LogP contribution in [0.4, 0.5) is 0 Å². The lowest BCUT2D eigenvalue weighted by Crippen LogP contribution is -2.42. The van der Waals surface area contributed by atoms with Gasteiger partial charge in [0.1, 0.15) is 17.2 Å². The maximum atomic E-state index is 11.9. The molecule has 0 saturated heterocycles. The first-order valence-electron chi connectivity index (χ1n) is 6.85. The lowest BCUT2D eigenvalue weighted by atomic mass is 10.1. The summed E-state index contributed by atoms with van der Waals surface area (Å²) in [5, 5.41) is 0. The summed E-state index contributed by atoms with van der Waals surface area (Å²) in [6.07, 6.45) is 1.55. The largest absolute Gasteiger partial charge is 0.497 e. The molecule has 2 rings (SSSR count).